The predicted octanol–water partition coefficient (Wildman–Crippen LogP) is 2.59. The van der Waals surface area contributed by atoms with Gasteiger partial charge in [-0.2, -0.15) is 0 Å². The number of carboxylic acids is 1. The van der Waals surface area contributed by atoms with E-state index in [9.17, 15) is 14.7 Å². The van der Waals surface area contributed by atoms with Gasteiger partial charge in [-0.15, -0.1) is 0 Å². The normalized spacial score (nSPS) is 21.5. The second kappa shape index (κ2) is 9.77. The van der Waals surface area contributed by atoms with E-state index in [0.717, 1.165) is 38.5 Å². The number of carbonyl (C=O) groups is 2. The van der Waals surface area contributed by atoms with Gasteiger partial charge in [-0.05, 0) is 25.2 Å². The zero-order chi connectivity index (χ0) is 15.7. The van der Waals surface area contributed by atoms with E-state index in [4.69, 9.17) is 4.74 Å². The van der Waals surface area contributed by atoms with Crippen molar-refractivity contribution in [2.75, 3.05) is 13.2 Å². The molecule has 0 spiro atoms. The molecule has 1 amide bonds. The minimum absolute atomic E-state index is 0.115. The molecule has 21 heavy (non-hydrogen) atoms. The monoisotopic (exact) mass is 299 g/mol. The molecule has 2 N–H and O–H groups in total. The van der Waals surface area contributed by atoms with E-state index in [-0.39, 0.29) is 11.8 Å². The van der Waals surface area contributed by atoms with E-state index < -0.39 is 12.0 Å². The van der Waals surface area contributed by atoms with Gasteiger partial charge in [0.05, 0.1) is 6.61 Å². The molecule has 1 heterocycles. The highest BCUT2D eigenvalue weighted by Gasteiger charge is 2.31. The zero-order valence-corrected chi connectivity index (χ0v) is 13.3. The maximum absolute atomic E-state index is 12.1. The van der Waals surface area contributed by atoms with Gasteiger partial charge in [0.1, 0.15) is 6.04 Å². The molecule has 122 valence electrons. The fourth-order valence-electron chi connectivity index (χ4n) is 2.85. The van der Waals surface area contributed by atoms with Gasteiger partial charge in [-0.1, -0.05) is 33.1 Å². The summed E-state index contributed by atoms with van der Waals surface area (Å²) in [6.45, 7) is 5.32. The summed E-state index contributed by atoms with van der Waals surface area (Å²) in [5, 5.41) is 12.0. The molecule has 1 aliphatic heterocycles. The minimum atomic E-state index is -0.958. The van der Waals surface area contributed by atoms with Gasteiger partial charge in [0.15, 0.2) is 0 Å². The first-order valence-corrected chi connectivity index (χ1v) is 8.18. The van der Waals surface area contributed by atoms with Gasteiger partial charge < -0.3 is 15.2 Å². The molecule has 1 saturated heterocycles. The predicted molar refractivity (Wildman–Crippen MR) is 81.0 cm³/mol. The van der Waals surface area contributed by atoms with Crippen LogP contribution in [-0.4, -0.2) is 36.2 Å². The molecule has 5 nitrogen and oxygen atoms in total. The van der Waals surface area contributed by atoms with Gasteiger partial charge in [-0.25, -0.2) is 4.79 Å². The van der Waals surface area contributed by atoms with E-state index in [0.29, 0.717) is 25.6 Å². The van der Waals surface area contributed by atoms with Gasteiger partial charge in [-0.3, -0.25) is 4.79 Å². The van der Waals surface area contributed by atoms with Crippen LogP contribution >= 0.6 is 0 Å². The van der Waals surface area contributed by atoms with Crippen molar-refractivity contribution in [2.45, 2.75) is 64.8 Å². The summed E-state index contributed by atoms with van der Waals surface area (Å²) < 4.78 is 5.34. The van der Waals surface area contributed by atoms with Gasteiger partial charge in [0, 0.05) is 18.9 Å². The first-order valence-electron chi connectivity index (χ1n) is 8.18. The quantitative estimate of drug-likeness (QED) is 0.686. The molecule has 3 atom stereocenters. The number of ether oxygens (including phenoxy) is 1. The highest BCUT2D eigenvalue weighted by Crippen LogP contribution is 2.20. The third-order valence-electron chi connectivity index (χ3n) is 4.27. The lowest BCUT2D eigenvalue weighted by Crippen LogP contribution is -2.48. The Balaban J connectivity index is 2.49. The number of rotatable bonds is 9. The van der Waals surface area contributed by atoms with Crippen LogP contribution in [0.1, 0.15) is 58.8 Å². The second-order valence-electron chi connectivity index (χ2n) is 5.98. The molecule has 0 aromatic rings. The molecule has 1 fully saturated rings. The third-order valence-corrected chi connectivity index (χ3v) is 4.27. The highest BCUT2D eigenvalue weighted by atomic mass is 16.5. The molecule has 0 bridgehead atoms. The SMILES string of the molecule is CCCCC(CC)CC(=O)NC(C(=O)O)C1CCCOC1. The zero-order valence-electron chi connectivity index (χ0n) is 13.3. The molecule has 3 unspecified atom stereocenters. The lowest BCUT2D eigenvalue weighted by Gasteiger charge is -2.28. The Kier molecular flexibility index (Phi) is 8.35. The number of hydrogen-bond donors (Lipinski definition) is 2. The van der Waals surface area contributed by atoms with Crippen LogP contribution < -0.4 is 5.32 Å². The number of aliphatic carboxylic acids is 1. The van der Waals surface area contributed by atoms with E-state index in [2.05, 4.69) is 19.2 Å². The van der Waals surface area contributed by atoms with Crippen molar-refractivity contribution in [3.63, 3.8) is 0 Å². The van der Waals surface area contributed by atoms with Crippen molar-refractivity contribution in [1.29, 1.82) is 0 Å². The lowest BCUT2D eigenvalue weighted by molar-refractivity contribution is -0.145. The first-order chi connectivity index (χ1) is 10.1. The molecular formula is C16H29NO4. The molecule has 5 heteroatoms. The Morgan fingerprint density at radius 1 is 1.38 bits per heavy atom. The molecule has 0 aliphatic carbocycles. The Hall–Kier alpha value is -1.10. The summed E-state index contributed by atoms with van der Waals surface area (Å²) in [6, 6.07) is -0.818. The van der Waals surface area contributed by atoms with Crippen molar-refractivity contribution in [3.8, 4) is 0 Å². The Morgan fingerprint density at radius 3 is 2.67 bits per heavy atom. The fraction of sp³-hybridized carbons (Fsp3) is 0.875. The van der Waals surface area contributed by atoms with Crippen molar-refractivity contribution in [1.82, 2.24) is 5.32 Å². The topological polar surface area (TPSA) is 75.6 Å². The summed E-state index contributed by atoms with van der Waals surface area (Å²) in [5.41, 5.74) is 0. The van der Waals surface area contributed by atoms with Crippen LogP contribution in [0.3, 0.4) is 0 Å². The summed E-state index contributed by atoms with van der Waals surface area (Å²) in [4.78, 5) is 23.5. The first kappa shape index (κ1) is 18.0. The van der Waals surface area contributed by atoms with E-state index in [1.807, 2.05) is 0 Å². The van der Waals surface area contributed by atoms with E-state index >= 15 is 0 Å². The average molecular weight is 299 g/mol. The standard InChI is InChI=1S/C16H29NO4/c1-3-5-7-12(4-2)10-14(18)17-15(16(19)20)13-8-6-9-21-11-13/h12-13,15H,3-11H2,1-2H3,(H,17,18)(H,19,20). The molecule has 0 radical (unpaired) electrons. The van der Waals surface area contributed by atoms with Crippen LogP contribution in [0.25, 0.3) is 0 Å². The average Bonchev–Trinajstić information content (AvgIpc) is 2.49. The smallest absolute Gasteiger partial charge is 0.326 e. The number of unbranched alkanes of at least 4 members (excludes halogenated alkanes) is 1. The maximum Gasteiger partial charge on any atom is 0.326 e. The third kappa shape index (κ3) is 6.46. The van der Waals surface area contributed by atoms with Crippen LogP contribution in [-0.2, 0) is 14.3 Å². The summed E-state index contributed by atoms with van der Waals surface area (Å²) in [7, 11) is 0. The molecule has 1 aliphatic rings. The number of carboxylic acid groups (broad SMARTS) is 1. The summed E-state index contributed by atoms with van der Waals surface area (Å²) in [6.07, 6.45) is 6.30. The molecule has 1 rings (SSSR count). The second-order valence-corrected chi connectivity index (χ2v) is 5.98. The van der Waals surface area contributed by atoms with Gasteiger partial charge in [0.2, 0.25) is 5.91 Å². The lowest BCUT2D eigenvalue weighted by atomic mass is 9.92. The molecule has 0 aromatic heterocycles. The van der Waals surface area contributed by atoms with Crippen LogP contribution in [0.4, 0.5) is 0 Å². The minimum Gasteiger partial charge on any atom is -0.480 e. The number of nitrogens with one attached hydrogen (secondary N) is 1. The van der Waals surface area contributed by atoms with Crippen molar-refractivity contribution in [2.24, 2.45) is 11.8 Å². The summed E-state index contributed by atoms with van der Waals surface area (Å²) in [5.74, 6) is -0.866. The number of hydrogen-bond acceptors (Lipinski definition) is 3. The van der Waals surface area contributed by atoms with E-state index in [1.165, 1.54) is 0 Å². The number of carbonyl (C=O) groups excluding carboxylic acids is 1. The molecular weight excluding hydrogens is 270 g/mol. The Morgan fingerprint density at radius 2 is 2.14 bits per heavy atom. The van der Waals surface area contributed by atoms with Crippen molar-refractivity contribution < 1.29 is 19.4 Å². The van der Waals surface area contributed by atoms with Crippen LogP contribution in [0.15, 0.2) is 0 Å². The molecule has 0 saturated carbocycles. The largest absolute Gasteiger partial charge is 0.480 e. The highest BCUT2D eigenvalue weighted by molar-refractivity contribution is 5.83. The van der Waals surface area contributed by atoms with Gasteiger partial charge in [0.25, 0.3) is 0 Å². The number of amides is 1. The van der Waals surface area contributed by atoms with Crippen molar-refractivity contribution >= 4 is 11.9 Å². The van der Waals surface area contributed by atoms with Crippen LogP contribution in [0.5, 0.6) is 0 Å². The Bertz CT molecular complexity index is 326. The Labute approximate surface area is 127 Å². The van der Waals surface area contributed by atoms with E-state index in [1.54, 1.807) is 0 Å². The maximum atomic E-state index is 12.1. The van der Waals surface area contributed by atoms with Crippen LogP contribution in [0.2, 0.25) is 0 Å². The van der Waals surface area contributed by atoms with Crippen molar-refractivity contribution in [3.05, 3.63) is 0 Å². The summed E-state index contributed by atoms with van der Waals surface area (Å²) >= 11 is 0. The fourth-order valence-corrected chi connectivity index (χ4v) is 2.85. The van der Waals surface area contributed by atoms with Gasteiger partial charge >= 0.3 is 5.97 Å². The molecule has 0 aromatic carbocycles. The van der Waals surface area contributed by atoms with Crippen LogP contribution in [0, 0.1) is 11.8 Å².